The van der Waals surface area contributed by atoms with Gasteiger partial charge in [-0.1, -0.05) is 12.1 Å². The highest BCUT2D eigenvalue weighted by Gasteiger charge is 2.15. The molecule has 1 amide bonds. The Labute approximate surface area is 195 Å². The first kappa shape index (κ1) is 22.1. The Balaban J connectivity index is 1.67. The molecule has 0 aliphatic carbocycles. The lowest BCUT2D eigenvalue weighted by Gasteiger charge is -2.02. The van der Waals surface area contributed by atoms with Gasteiger partial charge in [0.1, 0.15) is 5.75 Å². The number of carbonyl (C=O) groups excluding carboxylic acids is 1. The number of aromatic nitrogens is 2. The number of benzene rings is 2. The molecule has 0 aliphatic heterocycles. The maximum absolute atomic E-state index is 12.4. The number of nitro benzene ring substituents is 1. The van der Waals surface area contributed by atoms with Crippen molar-refractivity contribution in [2.45, 2.75) is 6.54 Å². The lowest BCUT2D eigenvalue weighted by atomic mass is 10.2. The second-order valence-corrected chi connectivity index (χ2v) is 8.54. The Morgan fingerprint density at radius 1 is 1.20 bits per heavy atom. The molecular weight excluding hydrogens is 590 g/mol. The zero-order valence-electron chi connectivity index (χ0n) is 14.9. The highest BCUT2D eigenvalue weighted by molar-refractivity contribution is 9.11. The number of hydrogen-bond donors (Lipinski definition) is 2. The Hall–Kier alpha value is -2.57. The van der Waals surface area contributed by atoms with Crippen molar-refractivity contribution in [1.82, 2.24) is 15.2 Å². The van der Waals surface area contributed by atoms with Gasteiger partial charge in [-0.2, -0.15) is 10.2 Å². The van der Waals surface area contributed by atoms with Gasteiger partial charge < -0.3 is 5.11 Å². The van der Waals surface area contributed by atoms with E-state index in [4.69, 9.17) is 0 Å². The molecule has 0 atom stereocenters. The fraction of sp³-hybridized carbons (Fsp3) is 0.0556. The number of halogens is 3. The van der Waals surface area contributed by atoms with Gasteiger partial charge in [0.15, 0.2) is 5.69 Å². The predicted octanol–water partition coefficient (Wildman–Crippen LogP) is 4.60. The summed E-state index contributed by atoms with van der Waals surface area (Å²) in [5.41, 5.74) is 3.99. The maximum atomic E-state index is 12.4. The fourth-order valence-corrected chi connectivity index (χ4v) is 4.14. The van der Waals surface area contributed by atoms with Crippen molar-refractivity contribution < 1.29 is 14.8 Å². The van der Waals surface area contributed by atoms with E-state index in [2.05, 4.69) is 63.4 Å². The highest BCUT2D eigenvalue weighted by Crippen LogP contribution is 2.32. The number of aromatic hydroxyl groups is 1. The Morgan fingerprint density at radius 2 is 1.83 bits per heavy atom. The van der Waals surface area contributed by atoms with Crippen molar-refractivity contribution in [3.8, 4) is 5.75 Å². The fourth-order valence-electron chi connectivity index (χ4n) is 2.42. The van der Waals surface area contributed by atoms with Crippen molar-refractivity contribution in [2.24, 2.45) is 5.10 Å². The van der Waals surface area contributed by atoms with Crippen LogP contribution in [-0.4, -0.2) is 31.9 Å². The standard InChI is InChI=1S/C18H12Br3N5O4/c19-13-5-11(6-14(20)17(13)27)7-22-23-18(28)16-15(21)9-25(24-16)8-10-1-3-12(4-2-10)26(29)30/h1-7,9,27H,8H2,(H,23,28)/b22-7+. The van der Waals surface area contributed by atoms with Crippen LogP contribution in [0.4, 0.5) is 5.69 Å². The Bertz CT molecular complexity index is 1120. The van der Waals surface area contributed by atoms with E-state index in [-0.39, 0.29) is 17.1 Å². The van der Waals surface area contributed by atoms with Crippen LogP contribution in [0.1, 0.15) is 21.6 Å². The van der Waals surface area contributed by atoms with Crippen molar-refractivity contribution >= 4 is 65.6 Å². The normalized spacial score (nSPS) is 11.0. The second kappa shape index (κ2) is 9.49. The molecule has 0 aliphatic rings. The molecule has 1 aromatic heterocycles. The summed E-state index contributed by atoms with van der Waals surface area (Å²) >= 11 is 9.75. The average Bonchev–Trinajstić information content (AvgIpc) is 3.06. The number of carbonyl (C=O) groups is 1. The average molecular weight is 602 g/mol. The van der Waals surface area contributed by atoms with Crippen LogP contribution in [0.2, 0.25) is 0 Å². The van der Waals surface area contributed by atoms with E-state index in [0.29, 0.717) is 25.5 Å². The van der Waals surface area contributed by atoms with E-state index in [9.17, 15) is 20.0 Å². The number of hydrazone groups is 1. The van der Waals surface area contributed by atoms with Crippen LogP contribution in [0.25, 0.3) is 0 Å². The number of amides is 1. The van der Waals surface area contributed by atoms with Gasteiger partial charge in [0.25, 0.3) is 11.6 Å². The van der Waals surface area contributed by atoms with Crippen LogP contribution < -0.4 is 5.43 Å². The van der Waals surface area contributed by atoms with Crippen LogP contribution in [0.3, 0.4) is 0 Å². The summed E-state index contributed by atoms with van der Waals surface area (Å²) in [5, 5.41) is 28.6. The molecule has 0 saturated carbocycles. The van der Waals surface area contributed by atoms with Gasteiger partial charge in [-0.3, -0.25) is 19.6 Å². The van der Waals surface area contributed by atoms with E-state index in [1.165, 1.54) is 23.0 Å². The molecule has 0 fully saturated rings. The molecular formula is C18H12Br3N5O4. The summed E-state index contributed by atoms with van der Waals surface area (Å²) < 4.78 is 2.99. The molecule has 12 heteroatoms. The lowest BCUT2D eigenvalue weighted by Crippen LogP contribution is -2.19. The number of nitrogens with zero attached hydrogens (tertiary/aromatic N) is 4. The summed E-state index contributed by atoms with van der Waals surface area (Å²) in [6.45, 7) is 0.336. The molecule has 1 heterocycles. The first-order valence-electron chi connectivity index (χ1n) is 8.22. The van der Waals surface area contributed by atoms with Crippen LogP contribution in [0, 0.1) is 10.1 Å². The molecule has 3 aromatic rings. The molecule has 154 valence electrons. The molecule has 0 spiro atoms. The Morgan fingerprint density at radius 3 is 2.43 bits per heavy atom. The van der Waals surface area contributed by atoms with Gasteiger partial charge in [-0.25, -0.2) is 5.43 Å². The quantitative estimate of drug-likeness (QED) is 0.243. The number of rotatable bonds is 6. The van der Waals surface area contributed by atoms with Crippen LogP contribution in [0.5, 0.6) is 5.75 Å². The summed E-state index contributed by atoms with van der Waals surface area (Å²) in [6.07, 6.45) is 3.06. The van der Waals surface area contributed by atoms with Gasteiger partial charge >= 0.3 is 0 Å². The SMILES string of the molecule is O=C(N/N=C/c1cc(Br)c(O)c(Br)c1)c1nn(Cc2ccc([N+](=O)[O-])cc2)cc1Br. The smallest absolute Gasteiger partial charge is 0.293 e. The summed E-state index contributed by atoms with van der Waals surface area (Å²) in [4.78, 5) is 22.6. The minimum atomic E-state index is -0.516. The van der Waals surface area contributed by atoms with E-state index in [0.717, 1.165) is 5.56 Å². The van der Waals surface area contributed by atoms with Gasteiger partial charge in [-0.05, 0) is 71.0 Å². The molecule has 3 rings (SSSR count). The third kappa shape index (κ3) is 5.32. The summed E-state index contributed by atoms with van der Waals surface area (Å²) in [7, 11) is 0. The van der Waals surface area contributed by atoms with Crippen molar-refractivity contribution in [2.75, 3.05) is 0 Å². The lowest BCUT2D eigenvalue weighted by molar-refractivity contribution is -0.384. The van der Waals surface area contributed by atoms with Crippen molar-refractivity contribution in [1.29, 1.82) is 0 Å². The summed E-state index contributed by atoms with van der Waals surface area (Å²) in [6, 6.07) is 9.37. The van der Waals surface area contributed by atoms with Gasteiger partial charge in [0.05, 0.1) is 31.1 Å². The minimum Gasteiger partial charge on any atom is -0.506 e. The van der Waals surface area contributed by atoms with Crippen LogP contribution in [-0.2, 0) is 6.54 Å². The molecule has 2 aromatic carbocycles. The number of phenolic OH excluding ortho intramolecular Hbond substituents is 1. The van der Waals surface area contributed by atoms with E-state index >= 15 is 0 Å². The van der Waals surface area contributed by atoms with E-state index in [1.54, 1.807) is 30.5 Å². The largest absolute Gasteiger partial charge is 0.506 e. The summed E-state index contributed by atoms with van der Waals surface area (Å²) in [5.74, 6) is -0.448. The van der Waals surface area contributed by atoms with Crippen molar-refractivity contribution in [3.05, 3.63) is 82.9 Å². The number of nitro groups is 1. The van der Waals surface area contributed by atoms with Crippen LogP contribution in [0.15, 0.2) is 61.1 Å². The predicted molar refractivity (Wildman–Crippen MR) is 121 cm³/mol. The molecule has 30 heavy (non-hydrogen) atoms. The van der Waals surface area contributed by atoms with Gasteiger partial charge in [0.2, 0.25) is 0 Å². The third-order valence-corrected chi connectivity index (χ3v) is 5.63. The monoisotopic (exact) mass is 599 g/mol. The first-order valence-corrected chi connectivity index (χ1v) is 10.6. The number of phenols is 1. The Kier molecular flexibility index (Phi) is 7.00. The van der Waals surface area contributed by atoms with Crippen molar-refractivity contribution in [3.63, 3.8) is 0 Å². The number of nitrogens with one attached hydrogen (secondary N) is 1. The topological polar surface area (TPSA) is 123 Å². The van der Waals surface area contributed by atoms with Crippen LogP contribution >= 0.6 is 47.8 Å². The van der Waals surface area contributed by atoms with Gasteiger partial charge in [-0.15, -0.1) is 0 Å². The molecule has 0 bridgehead atoms. The van der Waals surface area contributed by atoms with Gasteiger partial charge in [0, 0.05) is 18.3 Å². The molecule has 0 radical (unpaired) electrons. The van der Waals surface area contributed by atoms with E-state index < -0.39 is 10.8 Å². The molecule has 2 N–H and O–H groups in total. The zero-order valence-corrected chi connectivity index (χ0v) is 19.7. The second-order valence-electron chi connectivity index (χ2n) is 5.98. The number of non-ortho nitro benzene ring substituents is 1. The zero-order chi connectivity index (χ0) is 21.8. The first-order chi connectivity index (χ1) is 14.2. The maximum Gasteiger partial charge on any atom is 0.293 e. The molecule has 0 unspecified atom stereocenters. The molecule has 9 nitrogen and oxygen atoms in total. The third-order valence-electron chi connectivity index (χ3n) is 3.84. The molecule has 0 saturated heterocycles. The minimum absolute atomic E-state index is 0.00557. The highest BCUT2D eigenvalue weighted by atomic mass is 79.9. The number of hydrogen-bond acceptors (Lipinski definition) is 6. The van der Waals surface area contributed by atoms with E-state index in [1.807, 2.05) is 0 Å².